The molecule has 0 fully saturated rings. The van der Waals surface area contributed by atoms with E-state index in [1.165, 1.54) is 0 Å². The number of halogens is 1. The molecule has 1 heterocycles. The fourth-order valence-corrected chi connectivity index (χ4v) is 2.76. The summed E-state index contributed by atoms with van der Waals surface area (Å²) >= 11 is 5.98. The smallest absolute Gasteiger partial charge is 0.265 e. The number of rotatable bonds is 6. The highest BCUT2D eigenvalue weighted by Crippen LogP contribution is 2.32. The Morgan fingerprint density at radius 1 is 1.30 bits per heavy atom. The van der Waals surface area contributed by atoms with Gasteiger partial charge in [-0.25, -0.2) is 0 Å². The Morgan fingerprint density at radius 2 is 2.11 bits per heavy atom. The van der Waals surface area contributed by atoms with E-state index in [1.807, 2.05) is 13.0 Å². The molecule has 1 aliphatic heterocycles. The third-order valence-corrected chi connectivity index (χ3v) is 4.56. The molecule has 27 heavy (non-hydrogen) atoms. The standard InChI is InChI=1S/C20H21ClN2O4/c1-12-10-15(6-7-16(12)21)26-9-3-4-19(24)22-14-5-8-18-17(11-14)23-20(25)13(2)27-18/h5-8,10-11,13H,3-4,9H2,1-2H3,(H,22,24)(H,23,25). The highest BCUT2D eigenvalue weighted by Gasteiger charge is 2.23. The maximum Gasteiger partial charge on any atom is 0.265 e. The van der Waals surface area contributed by atoms with E-state index < -0.39 is 6.10 Å². The predicted molar refractivity (Wildman–Crippen MR) is 105 cm³/mol. The van der Waals surface area contributed by atoms with Gasteiger partial charge in [0.25, 0.3) is 5.91 Å². The first-order valence-corrected chi connectivity index (χ1v) is 9.10. The second-order valence-corrected chi connectivity index (χ2v) is 6.78. The van der Waals surface area contributed by atoms with E-state index >= 15 is 0 Å². The van der Waals surface area contributed by atoms with Crippen LogP contribution in [0.3, 0.4) is 0 Å². The molecule has 6 nitrogen and oxygen atoms in total. The van der Waals surface area contributed by atoms with Gasteiger partial charge in [-0.3, -0.25) is 9.59 Å². The van der Waals surface area contributed by atoms with Crippen LogP contribution in [0.1, 0.15) is 25.3 Å². The zero-order valence-electron chi connectivity index (χ0n) is 15.2. The fourth-order valence-electron chi connectivity index (χ4n) is 2.64. The predicted octanol–water partition coefficient (Wildman–Crippen LogP) is 4.17. The molecule has 2 aromatic rings. The largest absolute Gasteiger partial charge is 0.494 e. The maximum absolute atomic E-state index is 12.1. The van der Waals surface area contributed by atoms with E-state index in [9.17, 15) is 9.59 Å². The van der Waals surface area contributed by atoms with Gasteiger partial charge in [-0.15, -0.1) is 0 Å². The number of carbonyl (C=O) groups is 2. The van der Waals surface area contributed by atoms with Crippen molar-refractivity contribution in [3.05, 3.63) is 47.0 Å². The molecular formula is C20H21ClN2O4. The summed E-state index contributed by atoms with van der Waals surface area (Å²) in [6.45, 7) is 4.02. The molecule has 7 heteroatoms. The van der Waals surface area contributed by atoms with Crippen LogP contribution in [-0.2, 0) is 9.59 Å². The van der Waals surface area contributed by atoms with Gasteiger partial charge in [0, 0.05) is 17.1 Å². The first kappa shape index (κ1) is 19.0. The third kappa shape index (κ3) is 4.92. The van der Waals surface area contributed by atoms with E-state index in [-0.39, 0.29) is 11.8 Å². The molecule has 1 atom stereocenters. The molecule has 0 aliphatic carbocycles. The lowest BCUT2D eigenvalue weighted by molar-refractivity contribution is -0.122. The number of ether oxygens (including phenoxy) is 2. The number of aryl methyl sites for hydroxylation is 1. The average Bonchev–Trinajstić information content (AvgIpc) is 2.63. The number of nitrogens with one attached hydrogen (secondary N) is 2. The zero-order chi connectivity index (χ0) is 19.4. The molecule has 1 unspecified atom stereocenters. The quantitative estimate of drug-likeness (QED) is 0.728. The van der Waals surface area contributed by atoms with Gasteiger partial charge < -0.3 is 20.1 Å². The molecule has 0 bridgehead atoms. The number of benzene rings is 2. The van der Waals surface area contributed by atoms with Crippen molar-refractivity contribution >= 4 is 34.8 Å². The number of carbonyl (C=O) groups excluding carboxylic acids is 2. The Hall–Kier alpha value is -2.73. The van der Waals surface area contributed by atoms with E-state index in [4.69, 9.17) is 21.1 Å². The van der Waals surface area contributed by atoms with Crippen molar-refractivity contribution in [3.8, 4) is 11.5 Å². The molecule has 142 valence electrons. The molecule has 2 aromatic carbocycles. The number of hydrogen-bond donors (Lipinski definition) is 2. The number of amides is 2. The van der Waals surface area contributed by atoms with Crippen molar-refractivity contribution in [1.29, 1.82) is 0 Å². The van der Waals surface area contributed by atoms with Gasteiger partial charge in [-0.05, 0) is 62.2 Å². The highest BCUT2D eigenvalue weighted by molar-refractivity contribution is 6.31. The van der Waals surface area contributed by atoms with Crippen LogP contribution in [0.2, 0.25) is 5.02 Å². The van der Waals surface area contributed by atoms with Gasteiger partial charge in [-0.1, -0.05) is 11.6 Å². The lowest BCUT2D eigenvalue weighted by atomic mass is 10.2. The molecule has 3 rings (SSSR count). The van der Waals surface area contributed by atoms with Crippen LogP contribution < -0.4 is 20.1 Å². The van der Waals surface area contributed by atoms with Gasteiger partial charge in [0.05, 0.1) is 12.3 Å². The van der Waals surface area contributed by atoms with Gasteiger partial charge in [0.15, 0.2) is 6.10 Å². The Bertz CT molecular complexity index is 869. The molecule has 0 saturated carbocycles. The monoisotopic (exact) mass is 388 g/mol. The van der Waals surface area contributed by atoms with Crippen LogP contribution in [0, 0.1) is 6.92 Å². The van der Waals surface area contributed by atoms with E-state index in [2.05, 4.69) is 10.6 Å². The lowest BCUT2D eigenvalue weighted by Crippen LogP contribution is -2.34. The molecule has 2 amide bonds. The van der Waals surface area contributed by atoms with Crippen LogP contribution in [0.25, 0.3) is 0 Å². The Labute approximate surface area is 162 Å². The summed E-state index contributed by atoms with van der Waals surface area (Å²) in [7, 11) is 0. The van der Waals surface area contributed by atoms with E-state index in [0.717, 1.165) is 11.3 Å². The van der Waals surface area contributed by atoms with E-state index in [1.54, 1.807) is 37.3 Å². The van der Waals surface area contributed by atoms with Crippen molar-refractivity contribution in [3.63, 3.8) is 0 Å². The van der Waals surface area contributed by atoms with Crippen LogP contribution >= 0.6 is 11.6 Å². The first-order chi connectivity index (χ1) is 12.9. The van der Waals surface area contributed by atoms with Crippen molar-refractivity contribution in [2.24, 2.45) is 0 Å². The third-order valence-electron chi connectivity index (χ3n) is 4.14. The summed E-state index contributed by atoms with van der Waals surface area (Å²) in [5, 5.41) is 6.27. The summed E-state index contributed by atoms with van der Waals surface area (Å²) in [6.07, 6.45) is 0.377. The maximum atomic E-state index is 12.1. The zero-order valence-corrected chi connectivity index (χ0v) is 15.9. The summed E-state index contributed by atoms with van der Waals surface area (Å²) in [4.78, 5) is 23.8. The Morgan fingerprint density at radius 3 is 2.89 bits per heavy atom. The minimum Gasteiger partial charge on any atom is -0.494 e. The van der Waals surface area contributed by atoms with E-state index in [0.29, 0.717) is 41.6 Å². The van der Waals surface area contributed by atoms with Crippen LogP contribution in [0.4, 0.5) is 11.4 Å². The molecule has 0 saturated heterocycles. The summed E-state index contributed by atoms with van der Waals surface area (Å²) in [5.74, 6) is 0.992. The van der Waals surface area contributed by atoms with Crippen LogP contribution in [0.5, 0.6) is 11.5 Å². The van der Waals surface area contributed by atoms with Crippen molar-refractivity contribution in [2.45, 2.75) is 32.8 Å². The van der Waals surface area contributed by atoms with Gasteiger partial charge in [0.2, 0.25) is 5.91 Å². The normalized spacial score (nSPS) is 15.4. The van der Waals surface area contributed by atoms with Gasteiger partial charge in [-0.2, -0.15) is 0 Å². The summed E-state index contributed by atoms with van der Waals surface area (Å²) < 4.78 is 11.1. The van der Waals surface area contributed by atoms with Crippen molar-refractivity contribution < 1.29 is 19.1 Å². The summed E-state index contributed by atoms with van der Waals surface area (Å²) in [5.41, 5.74) is 2.11. The van der Waals surface area contributed by atoms with Crippen LogP contribution in [-0.4, -0.2) is 24.5 Å². The molecule has 0 aromatic heterocycles. The lowest BCUT2D eigenvalue weighted by Gasteiger charge is -2.23. The molecule has 1 aliphatic rings. The SMILES string of the molecule is Cc1cc(OCCCC(=O)Nc2ccc3c(c2)NC(=O)C(C)O3)ccc1Cl. The topological polar surface area (TPSA) is 76.7 Å². The molecule has 0 spiro atoms. The highest BCUT2D eigenvalue weighted by atomic mass is 35.5. The Balaban J connectivity index is 1.46. The molecular weight excluding hydrogens is 368 g/mol. The van der Waals surface area contributed by atoms with Crippen LogP contribution in [0.15, 0.2) is 36.4 Å². The second-order valence-electron chi connectivity index (χ2n) is 6.37. The number of anilines is 2. The van der Waals surface area contributed by atoms with Crippen molar-refractivity contribution in [2.75, 3.05) is 17.2 Å². The fraction of sp³-hybridized carbons (Fsp3) is 0.300. The summed E-state index contributed by atoms with van der Waals surface area (Å²) in [6, 6.07) is 10.6. The minimum atomic E-state index is -0.526. The van der Waals surface area contributed by atoms with Crippen molar-refractivity contribution in [1.82, 2.24) is 0 Å². The Kier molecular flexibility index (Phi) is 5.86. The minimum absolute atomic E-state index is 0.123. The molecule has 0 radical (unpaired) electrons. The number of hydrogen-bond acceptors (Lipinski definition) is 4. The van der Waals surface area contributed by atoms with Gasteiger partial charge >= 0.3 is 0 Å². The number of fused-ring (bicyclic) bond motifs is 1. The average molecular weight is 389 g/mol. The molecule has 2 N–H and O–H groups in total. The second kappa shape index (κ2) is 8.31. The first-order valence-electron chi connectivity index (χ1n) is 8.73. The van der Waals surface area contributed by atoms with Gasteiger partial charge in [0.1, 0.15) is 11.5 Å².